The van der Waals surface area contributed by atoms with E-state index in [1.807, 2.05) is 0 Å². The van der Waals surface area contributed by atoms with Crippen molar-refractivity contribution in [3.63, 3.8) is 0 Å². The van der Waals surface area contributed by atoms with E-state index in [4.69, 9.17) is 4.42 Å². The van der Waals surface area contributed by atoms with Crippen molar-refractivity contribution in [2.24, 2.45) is 0 Å². The predicted molar refractivity (Wildman–Crippen MR) is 79.2 cm³/mol. The Kier molecular flexibility index (Phi) is 4.56. The molecule has 9 heteroatoms. The molecular formula is C13H10BrN3O5. The molecule has 0 saturated carbocycles. The van der Waals surface area contributed by atoms with Crippen molar-refractivity contribution in [3.8, 4) is 0 Å². The zero-order valence-electron chi connectivity index (χ0n) is 11.3. The quantitative estimate of drug-likeness (QED) is 0.638. The van der Waals surface area contributed by atoms with Crippen LogP contribution in [0.2, 0.25) is 0 Å². The molecule has 0 aliphatic carbocycles. The smallest absolute Gasteiger partial charge is 0.284 e. The number of hydrogen-bond acceptors (Lipinski definition) is 5. The number of halogens is 1. The zero-order valence-corrected chi connectivity index (χ0v) is 12.8. The average molecular weight is 368 g/mol. The van der Waals surface area contributed by atoms with Gasteiger partial charge in [0.2, 0.25) is 0 Å². The second-order valence-corrected chi connectivity index (χ2v) is 5.08. The number of amides is 2. The molecule has 2 amide bonds. The van der Waals surface area contributed by atoms with Gasteiger partial charge in [0, 0.05) is 11.6 Å². The monoisotopic (exact) mass is 367 g/mol. The van der Waals surface area contributed by atoms with Crippen LogP contribution in [0.5, 0.6) is 0 Å². The van der Waals surface area contributed by atoms with Crippen molar-refractivity contribution in [1.82, 2.24) is 10.9 Å². The summed E-state index contributed by atoms with van der Waals surface area (Å²) in [4.78, 5) is 33.9. The Morgan fingerprint density at radius 3 is 2.50 bits per heavy atom. The highest BCUT2D eigenvalue weighted by Crippen LogP contribution is 2.25. The van der Waals surface area contributed by atoms with Crippen LogP contribution in [0, 0.1) is 17.0 Å². The first-order valence-electron chi connectivity index (χ1n) is 5.99. The molecule has 22 heavy (non-hydrogen) atoms. The third-order valence-electron chi connectivity index (χ3n) is 2.80. The number of rotatable bonds is 3. The van der Waals surface area contributed by atoms with Crippen LogP contribution in [0.15, 0.2) is 39.4 Å². The summed E-state index contributed by atoms with van der Waals surface area (Å²) in [5.74, 6) is -0.817. The number of aryl methyl sites for hydroxylation is 1. The second-order valence-electron chi connectivity index (χ2n) is 4.22. The summed E-state index contributed by atoms with van der Waals surface area (Å²) >= 11 is 3.02. The molecule has 0 spiro atoms. The first-order valence-corrected chi connectivity index (χ1v) is 6.78. The van der Waals surface area contributed by atoms with E-state index in [0.29, 0.717) is 5.76 Å². The SMILES string of the molecule is Cc1occc1C(=O)NNC(=O)c1ccc(Br)c([N+](=O)[O-])c1. The fourth-order valence-electron chi connectivity index (χ4n) is 1.67. The van der Waals surface area contributed by atoms with Gasteiger partial charge < -0.3 is 4.42 Å². The summed E-state index contributed by atoms with van der Waals surface area (Å²) in [6.07, 6.45) is 1.35. The van der Waals surface area contributed by atoms with Crippen LogP contribution in [0.4, 0.5) is 5.69 Å². The lowest BCUT2D eigenvalue weighted by Gasteiger charge is -2.07. The van der Waals surface area contributed by atoms with E-state index in [2.05, 4.69) is 26.8 Å². The Morgan fingerprint density at radius 1 is 1.23 bits per heavy atom. The van der Waals surface area contributed by atoms with E-state index in [1.54, 1.807) is 6.92 Å². The van der Waals surface area contributed by atoms with E-state index in [-0.39, 0.29) is 21.3 Å². The number of carbonyl (C=O) groups excluding carboxylic acids is 2. The van der Waals surface area contributed by atoms with Gasteiger partial charge in [-0.05, 0) is 41.1 Å². The van der Waals surface area contributed by atoms with Gasteiger partial charge in [0.1, 0.15) is 5.76 Å². The number of nitrogens with zero attached hydrogens (tertiary/aromatic N) is 1. The Morgan fingerprint density at radius 2 is 1.91 bits per heavy atom. The summed E-state index contributed by atoms with van der Waals surface area (Å²) in [6, 6.07) is 5.34. The molecule has 0 unspecified atom stereocenters. The van der Waals surface area contributed by atoms with E-state index < -0.39 is 16.7 Å². The van der Waals surface area contributed by atoms with E-state index in [1.165, 1.54) is 24.5 Å². The molecule has 0 bridgehead atoms. The summed E-state index contributed by atoms with van der Waals surface area (Å²) < 4.78 is 5.24. The normalized spacial score (nSPS) is 10.1. The highest BCUT2D eigenvalue weighted by atomic mass is 79.9. The molecule has 0 aliphatic rings. The van der Waals surface area contributed by atoms with Gasteiger partial charge in [-0.1, -0.05) is 0 Å². The van der Waals surface area contributed by atoms with Gasteiger partial charge in [0.05, 0.1) is 21.2 Å². The Bertz CT molecular complexity index is 756. The molecule has 0 saturated heterocycles. The van der Waals surface area contributed by atoms with Crippen molar-refractivity contribution in [1.29, 1.82) is 0 Å². The number of nitrogens with one attached hydrogen (secondary N) is 2. The number of benzene rings is 1. The van der Waals surface area contributed by atoms with Crippen LogP contribution in [0.3, 0.4) is 0 Å². The van der Waals surface area contributed by atoms with Crippen molar-refractivity contribution >= 4 is 33.4 Å². The first kappa shape index (κ1) is 15.7. The molecule has 2 N–H and O–H groups in total. The van der Waals surface area contributed by atoms with Crippen molar-refractivity contribution in [2.45, 2.75) is 6.92 Å². The lowest BCUT2D eigenvalue weighted by molar-refractivity contribution is -0.385. The fourth-order valence-corrected chi connectivity index (χ4v) is 2.06. The average Bonchev–Trinajstić information content (AvgIpc) is 2.90. The number of furan rings is 1. The molecule has 1 aromatic carbocycles. The molecule has 0 fully saturated rings. The van der Waals surface area contributed by atoms with Crippen LogP contribution in [0.1, 0.15) is 26.5 Å². The Labute approximate surface area is 132 Å². The summed E-state index contributed by atoms with van der Waals surface area (Å²) in [6.45, 7) is 1.61. The van der Waals surface area contributed by atoms with Crippen LogP contribution in [0.25, 0.3) is 0 Å². The van der Waals surface area contributed by atoms with E-state index >= 15 is 0 Å². The van der Waals surface area contributed by atoms with Gasteiger partial charge in [0.25, 0.3) is 17.5 Å². The second kappa shape index (κ2) is 6.39. The van der Waals surface area contributed by atoms with Crippen LogP contribution in [-0.2, 0) is 0 Å². The fraction of sp³-hybridized carbons (Fsp3) is 0.0769. The largest absolute Gasteiger partial charge is 0.469 e. The molecule has 1 heterocycles. The molecular weight excluding hydrogens is 358 g/mol. The van der Waals surface area contributed by atoms with Gasteiger partial charge in [-0.25, -0.2) is 0 Å². The van der Waals surface area contributed by atoms with Crippen LogP contribution in [-0.4, -0.2) is 16.7 Å². The predicted octanol–water partition coefficient (Wildman–Crippen LogP) is 2.33. The minimum absolute atomic E-state index is 0.0408. The van der Waals surface area contributed by atoms with Gasteiger partial charge in [-0.2, -0.15) is 0 Å². The van der Waals surface area contributed by atoms with Gasteiger partial charge in [-0.15, -0.1) is 0 Å². The number of nitro groups is 1. The minimum Gasteiger partial charge on any atom is -0.469 e. The number of hydrazine groups is 1. The maximum atomic E-state index is 11.9. The summed E-state index contributed by atoms with van der Waals surface area (Å²) in [5.41, 5.74) is 4.46. The third kappa shape index (κ3) is 3.31. The van der Waals surface area contributed by atoms with E-state index in [0.717, 1.165) is 6.07 Å². The Balaban J connectivity index is 2.07. The van der Waals surface area contributed by atoms with E-state index in [9.17, 15) is 19.7 Å². The zero-order chi connectivity index (χ0) is 16.3. The topological polar surface area (TPSA) is 114 Å². The Hall–Kier alpha value is -2.68. The molecule has 8 nitrogen and oxygen atoms in total. The highest BCUT2D eigenvalue weighted by Gasteiger charge is 2.17. The molecule has 0 atom stereocenters. The van der Waals surface area contributed by atoms with Gasteiger partial charge in [-0.3, -0.25) is 30.6 Å². The first-order chi connectivity index (χ1) is 10.4. The van der Waals surface area contributed by atoms with Crippen LogP contribution < -0.4 is 10.9 Å². The summed E-state index contributed by atoms with van der Waals surface area (Å²) in [7, 11) is 0. The molecule has 2 rings (SSSR count). The number of nitro benzene ring substituents is 1. The minimum atomic E-state index is -0.676. The molecule has 2 aromatic rings. The van der Waals surface area contributed by atoms with Gasteiger partial charge in [0.15, 0.2) is 0 Å². The lowest BCUT2D eigenvalue weighted by atomic mass is 10.2. The third-order valence-corrected chi connectivity index (χ3v) is 3.47. The van der Waals surface area contributed by atoms with Crippen LogP contribution >= 0.6 is 15.9 Å². The molecule has 114 valence electrons. The van der Waals surface area contributed by atoms with Crippen molar-refractivity contribution in [3.05, 3.63) is 62.0 Å². The van der Waals surface area contributed by atoms with Crippen molar-refractivity contribution in [2.75, 3.05) is 0 Å². The van der Waals surface area contributed by atoms with Crippen molar-refractivity contribution < 1.29 is 18.9 Å². The molecule has 1 aromatic heterocycles. The lowest BCUT2D eigenvalue weighted by Crippen LogP contribution is -2.41. The highest BCUT2D eigenvalue weighted by molar-refractivity contribution is 9.10. The summed E-state index contributed by atoms with van der Waals surface area (Å²) in [5, 5.41) is 10.8. The number of carbonyl (C=O) groups is 2. The maximum absolute atomic E-state index is 11.9. The standard InChI is InChI=1S/C13H10BrN3O5/c1-7-9(4-5-22-7)13(19)16-15-12(18)8-2-3-10(14)11(6-8)17(20)21/h2-6H,1H3,(H,15,18)(H,16,19). The molecule has 0 aliphatic heterocycles. The maximum Gasteiger partial charge on any atom is 0.284 e. The number of hydrogen-bond donors (Lipinski definition) is 2. The van der Waals surface area contributed by atoms with Gasteiger partial charge >= 0.3 is 0 Å². The molecule has 0 radical (unpaired) electrons.